The molecule has 2 heterocycles. The van der Waals surface area contributed by atoms with Crippen LogP contribution in [0.5, 0.6) is 0 Å². The quantitative estimate of drug-likeness (QED) is 0.846. The van der Waals surface area contributed by atoms with Gasteiger partial charge < -0.3 is 15.1 Å². The minimum Gasteiger partial charge on any atom is -0.503 e. The van der Waals surface area contributed by atoms with E-state index >= 15 is 0 Å². The maximum absolute atomic E-state index is 12.3. The summed E-state index contributed by atoms with van der Waals surface area (Å²) in [7, 11) is 0. The highest BCUT2D eigenvalue weighted by molar-refractivity contribution is 7.08. The van der Waals surface area contributed by atoms with Gasteiger partial charge in [-0.05, 0) is 35.7 Å². The molecule has 1 aromatic rings. The number of thiophene rings is 1. The lowest BCUT2D eigenvalue weighted by Gasteiger charge is -2.31. The Morgan fingerprint density at radius 2 is 2.24 bits per heavy atom. The molecular weight excluding hydrogens is 290 g/mol. The standard InChI is InChI=1S/C15H19NO4S/c1-3-4-5-11(15(19)20)16-12(10-6-7-21-8-10)9(2)13(17)14(16)18/h6-8,11-12,17H,3-5H2,1-2H3,(H,19,20). The molecule has 2 atom stereocenters. The SMILES string of the molecule is CCCCC(C(=O)O)N1C(=O)C(O)=C(C)C1c1ccsc1. The summed E-state index contributed by atoms with van der Waals surface area (Å²) in [5.41, 5.74) is 1.36. The first-order valence-electron chi connectivity index (χ1n) is 6.96. The molecule has 1 aliphatic heterocycles. The van der Waals surface area contributed by atoms with Gasteiger partial charge in [-0.3, -0.25) is 4.79 Å². The first kappa shape index (κ1) is 15.6. The smallest absolute Gasteiger partial charge is 0.326 e. The van der Waals surface area contributed by atoms with Crippen LogP contribution >= 0.6 is 11.3 Å². The normalized spacial score (nSPS) is 20.2. The van der Waals surface area contributed by atoms with Gasteiger partial charge >= 0.3 is 5.97 Å². The summed E-state index contributed by atoms with van der Waals surface area (Å²) in [6.07, 6.45) is 1.96. The predicted molar refractivity (Wildman–Crippen MR) is 80.2 cm³/mol. The number of nitrogens with zero attached hydrogens (tertiary/aromatic N) is 1. The van der Waals surface area contributed by atoms with Crippen LogP contribution in [0, 0.1) is 0 Å². The summed E-state index contributed by atoms with van der Waals surface area (Å²) >= 11 is 1.48. The van der Waals surface area contributed by atoms with Crippen molar-refractivity contribution in [3.05, 3.63) is 33.7 Å². The molecule has 1 aromatic heterocycles. The topological polar surface area (TPSA) is 77.8 Å². The van der Waals surface area contributed by atoms with Gasteiger partial charge in [-0.15, -0.1) is 0 Å². The molecular formula is C15H19NO4S. The largest absolute Gasteiger partial charge is 0.503 e. The highest BCUT2D eigenvalue weighted by atomic mass is 32.1. The number of carbonyl (C=O) groups is 2. The van der Waals surface area contributed by atoms with Crippen molar-refractivity contribution in [2.45, 2.75) is 45.2 Å². The lowest BCUT2D eigenvalue weighted by Crippen LogP contribution is -2.44. The van der Waals surface area contributed by atoms with Crippen LogP contribution in [0.4, 0.5) is 0 Å². The Hall–Kier alpha value is -1.82. The van der Waals surface area contributed by atoms with Crippen LogP contribution in [-0.4, -0.2) is 33.0 Å². The fraction of sp³-hybridized carbons (Fsp3) is 0.467. The number of unbranched alkanes of at least 4 members (excludes halogenated alkanes) is 1. The number of carboxylic acid groups (broad SMARTS) is 1. The lowest BCUT2D eigenvalue weighted by molar-refractivity contribution is -0.150. The summed E-state index contributed by atoms with van der Waals surface area (Å²) in [6.45, 7) is 3.65. The second kappa shape index (κ2) is 6.30. The first-order valence-corrected chi connectivity index (χ1v) is 7.90. The Morgan fingerprint density at radius 3 is 2.76 bits per heavy atom. The van der Waals surface area contributed by atoms with Crippen LogP contribution in [0.2, 0.25) is 0 Å². The van der Waals surface area contributed by atoms with Gasteiger partial charge in [0.25, 0.3) is 5.91 Å². The van der Waals surface area contributed by atoms with Crippen LogP contribution < -0.4 is 0 Å². The van der Waals surface area contributed by atoms with Crippen molar-refractivity contribution in [2.75, 3.05) is 0 Å². The number of aliphatic hydroxyl groups is 1. The third kappa shape index (κ3) is 2.81. The van der Waals surface area contributed by atoms with Gasteiger partial charge in [0.05, 0.1) is 6.04 Å². The van der Waals surface area contributed by atoms with Crippen molar-refractivity contribution in [2.24, 2.45) is 0 Å². The molecule has 0 spiro atoms. The summed E-state index contributed by atoms with van der Waals surface area (Å²) in [6, 6.07) is 0.458. The summed E-state index contributed by atoms with van der Waals surface area (Å²) in [5, 5.41) is 23.2. The van der Waals surface area contributed by atoms with E-state index in [0.717, 1.165) is 18.4 Å². The fourth-order valence-corrected chi connectivity index (χ4v) is 3.37. The maximum Gasteiger partial charge on any atom is 0.326 e. The van der Waals surface area contributed by atoms with Gasteiger partial charge in [0.1, 0.15) is 6.04 Å². The van der Waals surface area contributed by atoms with E-state index in [9.17, 15) is 19.8 Å². The Kier molecular flexibility index (Phi) is 4.67. The van der Waals surface area contributed by atoms with Crippen LogP contribution in [0.1, 0.15) is 44.7 Å². The third-order valence-corrected chi connectivity index (χ3v) is 4.51. The first-order chi connectivity index (χ1) is 9.99. The second-order valence-corrected chi connectivity index (χ2v) is 5.98. The predicted octanol–water partition coefficient (Wildman–Crippen LogP) is 3.11. The summed E-state index contributed by atoms with van der Waals surface area (Å²) < 4.78 is 0. The number of rotatable bonds is 6. The van der Waals surface area contributed by atoms with E-state index in [1.807, 2.05) is 23.8 Å². The van der Waals surface area contributed by atoms with E-state index in [4.69, 9.17) is 0 Å². The number of aliphatic hydroxyl groups excluding tert-OH is 1. The minimum absolute atomic E-state index is 0.325. The number of carboxylic acids is 1. The maximum atomic E-state index is 12.3. The molecule has 0 radical (unpaired) electrons. The van der Waals surface area contributed by atoms with Crippen LogP contribution in [-0.2, 0) is 9.59 Å². The molecule has 6 heteroatoms. The lowest BCUT2D eigenvalue weighted by atomic mass is 10.0. The average molecular weight is 309 g/mol. The molecule has 2 unspecified atom stereocenters. The van der Waals surface area contributed by atoms with Gasteiger partial charge in [0.15, 0.2) is 5.76 Å². The van der Waals surface area contributed by atoms with Gasteiger partial charge in [-0.2, -0.15) is 11.3 Å². The minimum atomic E-state index is -1.03. The number of carbonyl (C=O) groups excluding carboxylic acids is 1. The summed E-state index contributed by atoms with van der Waals surface area (Å²) in [5.74, 6) is -1.94. The van der Waals surface area contributed by atoms with E-state index in [-0.39, 0.29) is 5.76 Å². The number of hydrogen-bond acceptors (Lipinski definition) is 4. The molecule has 1 amide bonds. The number of aliphatic carboxylic acids is 1. The van der Waals surface area contributed by atoms with Crippen molar-refractivity contribution in [1.29, 1.82) is 0 Å². The fourth-order valence-electron chi connectivity index (χ4n) is 2.69. The van der Waals surface area contributed by atoms with Crippen LogP contribution in [0.25, 0.3) is 0 Å². The van der Waals surface area contributed by atoms with Crippen molar-refractivity contribution in [1.82, 2.24) is 4.90 Å². The number of hydrogen-bond donors (Lipinski definition) is 2. The van der Waals surface area contributed by atoms with Crippen molar-refractivity contribution in [3.63, 3.8) is 0 Å². The van der Waals surface area contributed by atoms with Crippen molar-refractivity contribution in [3.8, 4) is 0 Å². The van der Waals surface area contributed by atoms with Crippen molar-refractivity contribution < 1.29 is 19.8 Å². The average Bonchev–Trinajstić information content (AvgIpc) is 3.03. The zero-order valence-electron chi connectivity index (χ0n) is 12.1. The zero-order valence-corrected chi connectivity index (χ0v) is 12.9. The molecule has 0 saturated carbocycles. The molecule has 0 bridgehead atoms. The molecule has 2 N–H and O–H groups in total. The highest BCUT2D eigenvalue weighted by Crippen LogP contribution is 2.39. The van der Waals surface area contributed by atoms with E-state index in [1.165, 1.54) is 16.2 Å². The zero-order chi connectivity index (χ0) is 15.6. The third-order valence-electron chi connectivity index (χ3n) is 3.81. The van der Waals surface area contributed by atoms with Crippen molar-refractivity contribution >= 4 is 23.2 Å². The molecule has 5 nitrogen and oxygen atoms in total. The van der Waals surface area contributed by atoms with Gasteiger partial charge in [0.2, 0.25) is 0 Å². The van der Waals surface area contributed by atoms with Crippen LogP contribution in [0.15, 0.2) is 28.2 Å². The van der Waals surface area contributed by atoms with Gasteiger partial charge in [-0.1, -0.05) is 19.8 Å². The summed E-state index contributed by atoms with van der Waals surface area (Å²) in [4.78, 5) is 25.2. The molecule has 0 fully saturated rings. The Labute approximate surface area is 127 Å². The van der Waals surface area contributed by atoms with E-state index in [1.54, 1.807) is 6.92 Å². The van der Waals surface area contributed by atoms with E-state index < -0.39 is 24.0 Å². The Bertz CT molecular complexity index is 564. The van der Waals surface area contributed by atoms with E-state index in [0.29, 0.717) is 12.0 Å². The van der Waals surface area contributed by atoms with Gasteiger partial charge in [-0.25, -0.2) is 4.79 Å². The molecule has 1 aliphatic rings. The molecule has 21 heavy (non-hydrogen) atoms. The Balaban J connectivity index is 2.39. The molecule has 0 aromatic carbocycles. The highest BCUT2D eigenvalue weighted by Gasteiger charge is 2.44. The molecule has 2 rings (SSSR count). The van der Waals surface area contributed by atoms with Crippen LogP contribution in [0.3, 0.4) is 0 Å². The monoisotopic (exact) mass is 309 g/mol. The molecule has 0 aliphatic carbocycles. The van der Waals surface area contributed by atoms with E-state index in [2.05, 4.69) is 0 Å². The van der Waals surface area contributed by atoms with Gasteiger partial charge in [0, 0.05) is 5.57 Å². The Morgan fingerprint density at radius 1 is 1.52 bits per heavy atom. The number of amides is 1. The molecule has 0 saturated heterocycles. The second-order valence-electron chi connectivity index (χ2n) is 5.20. The molecule has 114 valence electrons.